The second-order valence-electron chi connectivity index (χ2n) is 6.44. The highest BCUT2D eigenvalue weighted by Crippen LogP contribution is 2.26. The van der Waals surface area contributed by atoms with Gasteiger partial charge in [-0.3, -0.25) is 4.72 Å². The van der Waals surface area contributed by atoms with Gasteiger partial charge in [-0.25, -0.2) is 8.42 Å². The standard InChI is InChI=1S/C19H23ClN2O2S.ClH/c1-2-11-21-17-7-3-15-13-18(8-4-14(15)12-17)22-25(23,24)19-9-5-16(20)6-10-19;/h4-6,8-10,13,17,21-22H,2-3,7,11-12H2,1H3;1H/t17-;/m0./s1. The Morgan fingerprint density at radius 3 is 2.54 bits per heavy atom. The molecule has 2 aromatic carbocycles. The minimum absolute atomic E-state index is 0. The van der Waals surface area contributed by atoms with Crippen molar-refractivity contribution < 1.29 is 8.42 Å². The molecule has 0 unspecified atom stereocenters. The third kappa shape index (κ3) is 5.13. The Bertz CT molecular complexity index is 839. The Kier molecular flexibility index (Phi) is 7.35. The Morgan fingerprint density at radius 1 is 1.12 bits per heavy atom. The lowest BCUT2D eigenvalue weighted by molar-refractivity contribution is 0.459. The molecular formula is C19H24Cl2N2O2S. The summed E-state index contributed by atoms with van der Waals surface area (Å²) < 4.78 is 27.6. The van der Waals surface area contributed by atoms with Crippen molar-refractivity contribution in [1.29, 1.82) is 0 Å². The predicted octanol–water partition coefficient (Wildman–Crippen LogP) is 4.42. The van der Waals surface area contributed by atoms with Crippen LogP contribution in [0.5, 0.6) is 0 Å². The molecule has 3 rings (SSSR count). The fourth-order valence-corrected chi connectivity index (χ4v) is 4.34. The molecule has 2 aromatic rings. The van der Waals surface area contributed by atoms with Crippen molar-refractivity contribution in [3.8, 4) is 0 Å². The number of halogens is 2. The molecule has 2 N–H and O–H groups in total. The van der Waals surface area contributed by atoms with E-state index < -0.39 is 10.0 Å². The van der Waals surface area contributed by atoms with Gasteiger partial charge in [-0.2, -0.15) is 0 Å². The topological polar surface area (TPSA) is 58.2 Å². The Hall–Kier alpha value is -1.27. The van der Waals surface area contributed by atoms with E-state index in [1.165, 1.54) is 23.3 Å². The highest BCUT2D eigenvalue weighted by Gasteiger charge is 2.20. The molecule has 0 radical (unpaired) electrons. The number of hydrogen-bond donors (Lipinski definition) is 2. The van der Waals surface area contributed by atoms with Crippen molar-refractivity contribution in [3.05, 3.63) is 58.6 Å². The van der Waals surface area contributed by atoms with Crippen LogP contribution in [0.25, 0.3) is 0 Å². The van der Waals surface area contributed by atoms with E-state index in [4.69, 9.17) is 11.6 Å². The third-order valence-corrected chi connectivity index (χ3v) is 6.14. The van der Waals surface area contributed by atoms with Gasteiger partial charge < -0.3 is 5.32 Å². The quantitative estimate of drug-likeness (QED) is 0.735. The van der Waals surface area contributed by atoms with Crippen LogP contribution in [-0.2, 0) is 22.9 Å². The summed E-state index contributed by atoms with van der Waals surface area (Å²) in [6.45, 7) is 3.21. The van der Waals surface area contributed by atoms with Crippen LogP contribution in [0.4, 0.5) is 5.69 Å². The SMILES string of the molecule is CCCN[C@H]1CCc2cc(NS(=O)(=O)c3ccc(Cl)cc3)ccc2C1.Cl. The highest BCUT2D eigenvalue weighted by atomic mass is 35.5. The van der Waals surface area contributed by atoms with Crippen LogP contribution in [0.15, 0.2) is 47.4 Å². The fraction of sp³-hybridized carbons (Fsp3) is 0.368. The first-order chi connectivity index (χ1) is 12.0. The van der Waals surface area contributed by atoms with Crippen LogP contribution < -0.4 is 10.0 Å². The molecule has 1 aliphatic carbocycles. The molecule has 4 nitrogen and oxygen atoms in total. The molecule has 0 fully saturated rings. The van der Waals surface area contributed by atoms with E-state index in [0.29, 0.717) is 16.8 Å². The summed E-state index contributed by atoms with van der Waals surface area (Å²) in [6, 6.07) is 12.5. The number of benzene rings is 2. The normalized spacial score (nSPS) is 16.5. The van der Waals surface area contributed by atoms with E-state index >= 15 is 0 Å². The van der Waals surface area contributed by atoms with Gasteiger partial charge in [0.05, 0.1) is 4.90 Å². The lowest BCUT2D eigenvalue weighted by atomic mass is 9.88. The van der Waals surface area contributed by atoms with Gasteiger partial charge in [-0.1, -0.05) is 24.6 Å². The average Bonchev–Trinajstić information content (AvgIpc) is 2.60. The Balaban J connectivity index is 0.00000243. The number of hydrogen-bond acceptors (Lipinski definition) is 3. The van der Waals surface area contributed by atoms with Crippen molar-refractivity contribution in [2.45, 2.75) is 43.5 Å². The predicted molar refractivity (Wildman–Crippen MR) is 110 cm³/mol. The van der Waals surface area contributed by atoms with Crippen molar-refractivity contribution in [2.24, 2.45) is 0 Å². The van der Waals surface area contributed by atoms with Gasteiger partial charge in [0, 0.05) is 16.8 Å². The summed E-state index contributed by atoms with van der Waals surface area (Å²) in [6.07, 6.45) is 4.18. The molecular weight excluding hydrogens is 391 g/mol. The van der Waals surface area contributed by atoms with Gasteiger partial charge in [-0.15, -0.1) is 12.4 Å². The van der Waals surface area contributed by atoms with E-state index in [-0.39, 0.29) is 17.3 Å². The summed E-state index contributed by atoms with van der Waals surface area (Å²) in [5.41, 5.74) is 3.13. The zero-order chi connectivity index (χ0) is 17.9. The number of nitrogens with one attached hydrogen (secondary N) is 2. The maximum absolute atomic E-state index is 12.5. The van der Waals surface area contributed by atoms with Gasteiger partial charge in [0.25, 0.3) is 10.0 Å². The van der Waals surface area contributed by atoms with Crippen LogP contribution >= 0.6 is 24.0 Å². The zero-order valence-corrected chi connectivity index (χ0v) is 17.1. The maximum atomic E-state index is 12.5. The van der Waals surface area contributed by atoms with E-state index in [0.717, 1.165) is 32.2 Å². The Labute approximate surface area is 166 Å². The number of aryl methyl sites for hydroxylation is 1. The van der Waals surface area contributed by atoms with E-state index in [2.05, 4.69) is 17.0 Å². The molecule has 0 saturated carbocycles. The molecule has 142 valence electrons. The number of rotatable bonds is 6. The monoisotopic (exact) mass is 414 g/mol. The molecule has 0 amide bonds. The first kappa shape index (κ1) is 21.0. The summed E-state index contributed by atoms with van der Waals surface area (Å²) in [7, 11) is -3.60. The van der Waals surface area contributed by atoms with Crippen LogP contribution in [0, 0.1) is 0 Å². The van der Waals surface area contributed by atoms with Crippen LogP contribution in [0.3, 0.4) is 0 Å². The summed E-state index contributed by atoms with van der Waals surface area (Å²) >= 11 is 5.82. The van der Waals surface area contributed by atoms with Crippen LogP contribution in [0.2, 0.25) is 5.02 Å². The third-order valence-electron chi connectivity index (χ3n) is 4.49. The maximum Gasteiger partial charge on any atom is 0.261 e. The van der Waals surface area contributed by atoms with Gasteiger partial charge in [0.15, 0.2) is 0 Å². The summed E-state index contributed by atoms with van der Waals surface area (Å²) in [5.74, 6) is 0. The largest absolute Gasteiger partial charge is 0.314 e. The minimum Gasteiger partial charge on any atom is -0.314 e. The molecule has 0 saturated heterocycles. The van der Waals surface area contributed by atoms with E-state index in [1.54, 1.807) is 12.1 Å². The van der Waals surface area contributed by atoms with Gasteiger partial charge in [0.2, 0.25) is 0 Å². The van der Waals surface area contributed by atoms with Gasteiger partial charge in [-0.05, 0) is 79.8 Å². The Morgan fingerprint density at radius 2 is 1.85 bits per heavy atom. The molecule has 0 heterocycles. The highest BCUT2D eigenvalue weighted by molar-refractivity contribution is 7.92. The minimum atomic E-state index is -3.60. The first-order valence-electron chi connectivity index (χ1n) is 8.61. The first-order valence-corrected chi connectivity index (χ1v) is 10.5. The van der Waals surface area contributed by atoms with Crippen molar-refractivity contribution in [3.63, 3.8) is 0 Å². The van der Waals surface area contributed by atoms with Crippen molar-refractivity contribution >= 4 is 39.7 Å². The lowest BCUT2D eigenvalue weighted by Gasteiger charge is -2.26. The molecule has 1 aliphatic rings. The average molecular weight is 415 g/mol. The van der Waals surface area contributed by atoms with Gasteiger partial charge >= 0.3 is 0 Å². The van der Waals surface area contributed by atoms with Crippen LogP contribution in [-0.4, -0.2) is 21.0 Å². The van der Waals surface area contributed by atoms with Crippen molar-refractivity contribution in [1.82, 2.24) is 5.32 Å². The number of sulfonamides is 1. The molecule has 1 atom stereocenters. The number of anilines is 1. The molecule has 0 aliphatic heterocycles. The van der Waals surface area contributed by atoms with Gasteiger partial charge in [0.1, 0.15) is 0 Å². The second-order valence-corrected chi connectivity index (χ2v) is 8.56. The zero-order valence-electron chi connectivity index (χ0n) is 14.7. The van der Waals surface area contributed by atoms with Crippen LogP contribution in [0.1, 0.15) is 30.9 Å². The number of fused-ring (bicyclic) bond motifs is 1. The molecule has 7 heteroatoms. The summed E-state index contributed by atoms with van der Waals surface area (Å²) in [4.78, 5) is 0.207. The molecule has 0 aromatic heterocycles. The summed E-state index contributed by atoms with van der Waals surface area (Å²) in [5, 5.41) is 4.08. The second kappa shape index (κ2) is 9.09. The smallest absolute Gasteiger partial charge is 0.261 e. The lowest BCUT2D eigenvalue weighted by Crippen LogP contribution is -2.35. The molecule has 26 heavy (non-hydrogen) atoms. The van der Waals surface area contributed by atoms with E-state index in [9.17, 15) is 8.42 Å². The van der Waals surface area contributed by atoms with E-state index in [1.807, 2.05) is 18.2 Å². The fourth-order valence-electron chi connectivity index (χ4n) is 3.17. The molecule has 0 bridgehead atoms. The van der Waals surface area contributed by atoms with Crippen molar-refractivity contribution in [2.75, 3.05) is 11.3 Å². The molecule has 0 spiro atoms.